The van der Waals surface area contributed by atoms with Crippen LogP contribution in [0.25, 0.3) is 0 Å². The molecule has 2 N–H and O–H groups in total. The largest absolute Gasteiger partial charge is 0.481 e. The molecule has 102 valence electrons. The van der Waals surface area contributed by atoms with Crippen LogP contribution in [0.1, 0.15) is 13.3 Å². The van der Waals surface area contributed by atoms with Crippen LogP contribution in [0.4, 0.5) is 4.79 Å². The summed E-state index contributed by atoms with van der Waals surface area (Å²) in [6, 6.07) is -0.0819. The van der Waals surface area contributed by atoms with E-state index in [0.717, 1.165) is 6.42 Å². The highest BCUT2D eigenvalue weighted by Gasteiger charge is 2.39. The van der Waals surface area contributed by atoms with E-state index in [1.165, 1.54) is 0 Å². The Hall–Kier alpha value is -1.30. The zero-order valence-electron chi connectivity index (χ0n) is 10.6. The molecule has 0 aromatic heterocycles. The maximum Gasteiger partial charge on any atom is 0.320 e. The average molecular weight is 256 g/mol. The van der Waals surface area contributed by atoms with Gasteiger partial charge in [0.2, 0.25) is 0 Å². The fourth-order valence-electron chi connectivity index (χ4n) is 2.80. The molecule has 2 fully saturated rings. The summed E-state index contributed by atoms with van der Waals surface area (Å²) in [7, 11) is 0. The molecule has 6 nitrogen and oxygen atoms in total. The lowest BCUT2D eigenvalue weighted by atomic mass is 9.99. The SMILES string of the molecule is C[C@@H]1CN(C(=O)N2CCC(CO)C2)C[C@H]1C(=O)O. The molecule has 0 spiro atoms. The quantitative estimate of drug-likeness (QED) is 0.732. The Morgan fingerprint density at radius 2 is 1.94 bits per heavy atom. The summed E-state index contributed by atoms with van der Waals surface area (Å²) in [5.74, 6) is -1.11. The van der Waals surface area contributed by atoms with Gasteiger partial charge >= 0.3 is 12.0 Å². The van der Waals surface area contributed by atoms with Crippen LogP contribution >= 0.6 is 0 Å². The van der Waals surface area contributed by atoms with Gasteiger partial charge in [0.25, 0.3) is 0 Å². The molecule has 2 saturated heterocycles. The molecule has 0 aromatic rings. The molecule has 0 bridgehead atoms. The lowest BCUT2D eigenvalue weighted by Gasteiger charge is -2.24. The maximum atomic E-state index is 12.2. The minimum atomic E-state index is -0.826. The fourth-order valence-corrected chi connectivity index (χ4v) is 2.80. The van der Waals surface area contributed by atoms with E-state index < -0.39 is 11.9 Å². The Kier molecular flexibility index (Phi) is 3.75. The average Bonchev–Trinajstić information content (AvgIpc) is 2.94. The van der Waals surface area contributed by atoms with Gasteiger partial charge in [-0.05, 0) is 12.3 Å². The van der Waals surface area contributed by atoms with Gasteiger partial charge < -0.3 is 20.0 Å². The highest BCUT2D eigenvalue weighted by Crippen LogP contribution is 2.26. The van der Waals surface area contributed by atoms with Gasteiger partial charge in [0.15, 0.2) is 0 Å². The molecule has 3 atom stereocenters. The number of rotatable bonds is 2. The van der Waals surface area contributed by atoms with Crippen molar-refractivity contribution in [3.05, 3.63) is 0 Å². The van der Waals surface area contributed by atoms with Crippen LogP contribution in [-0.2, 0) is 4.79 Å². The Morgan fingerprint density at radius 3 is 2.44 bits per heavy atom. The monoisotopic (exact) mass is 256 g/mol. The number of aliphatic hydroxyl groups excluding tert-OH is 1. The summed E-state index contributed by atoms with van der Waals surface area (Å²) in [6.45, 7) is 4.03. The van der Waals surface area contributed by atoms with E-state index in [1.54, 1.807) is 9.80 Å². The first kappa shape index (κ1) is 13.1. The first-order valence-corrected chi connectivity index (χ1v) is 6.40. The predicted octanol–water partition coefficient (Wildman–Crippen LogP) is 0.0731. The highest BCUT2D eigenvalue weighted by atomic mass is 16.4. The van der Waals surface area contributed by atoms with Gasteiger partial charge in [0.1, 0.15) is 0 Å². The van der Waals surface area contributed by atoms with E-state index in [4.69, 9.17) is 10.2 Å². The van der Waals surface area contributed by atoms with Crippen molar-refractivity contribution in [2.45, 2.75) is 13.3 Å². The summed E-state index contributed by atoms with van der Waals surface area (Å²) in [5.41, 5.74) is 0. The Labute approximate surface area is 106 Å². The topological polar surface area (TPSA) is 81.1 Å². The molecule has 2 heterocycles. The van der Waals surface area contributed by atoms with Crippen LogP contribution in [0.3, 0.4) is 0 Å². The summed E-state index contributed by atoms with van der Waals surface area (Å²) in [6.07, 6.45) is 0.827. The van der Waals surface area contributed by atoms with E-state index in [9.17, 15) is 9.59 Å². The summed E-state index contributed by atoms with van der Waals surface area (Å²) >= 11 is 0. The van der Waals surface area contributed by atoms with Crippen molar-refractivity contribution >= 4 is 12.0 Å². The van der Waals surface area contributed by atoms with Crippen molar-refractivity contribution in [1.82, 2.24) is 9.80 Å². The minimum absolute atomic E-state index is 0.00249. The minimum Gasteiger partial charge on any atom is -0.481 e. The normalized spacial score (nSPS) is 32.0. The summed E-state index contributed by atoms with van der Waals surface area (Å²) < 4.78 is 0. The van der Waals surface area contributed by atoms with E-state index in [1.807, 2.05) is 6.92 Å². The number of aliphatic hydroxyl groups is 1. The third kappa shape index (κ3) is 2.43. The number of carboxylic acid groups (broad SMARTS) is 1. The number of nitrogens with zero attached hydrogens (tertiary/aromatic N) is 2. The lowest BCUT2D eigenvalue weighted by Crippen LogP contribution is -2.41. The molecule has 0 aliphatic carbocycles. The number of carbonyl (C=O) groups excluding carboxylic acids is 1. The third-order valence-electron chi connectivity index (χ3n) is 4.01. The molecule has 2 amide bonds. The number of urea groups is 1. The summed E-state index contributed by atoms with van der Waals surface area (Å²) in [4.78, 5) is 26.6. The van der Waals surface area contributed by atoms with E-state index in [2.05, 4.69) is 0 Å². The third-order valence-corrected chi connectivity index (χ3v) is 4.01. The van der Waals surface area contributed by atoms with Crippen LogP contribution in [0.15, 0.2) is 0 Å². The van der Waals surface area contributed by atoms with Gasteiger partial charge in [-0.3, -0.25) is 4.79 Å². The van der Waals surface area contributed by atoms with Crippen LogP contribution in [0.5, 0.6) is 0 Å². The number of amides is 2. The molecular weight excluding hydrogens is 236 g/mol. The van der Waals surface area contributed by atoms with Crippen molar-refractivity contribution in [2.75, 3.05) is 32.8 Å². The zero-order chi connectivity index (χ0) is 13.3. The standard InChI is InChI=1S/C12H20N2O4/c1-8-4-14(6-10(8)11(16)17)12(18)13-3-2-9(5-13)7-15/h8-10,15H,2-7H2,1H3,(H,16,17)/t8-,9?,10-/m1/s1. The molecule has 2 rings (SSSR count). The van der Waals surface area contributed by atoms with Crippen LogP contribution in [0, 0.1) is 17.8 Å². The first-order valence-electron chi connectivity index (χ1n) is 6.40. The maximum absolute atomic E-state index is 12.2. The first-order chi connectivity index (χ1) is 8.52. The highest BCUT2D eigenvalue weighted by molar-refractivity contribution is 5.78. The molecule has 2 aliphatic rings. The van der Waals surface area contributed by atoms with E-state index >= 15 is 0 Å². The second kappa shape index (κ2) is 5.14. The van der Waals surface area contributed by atoms with Gasteiger partial charge in [-0.15, -0.1) is 0 Å². The Bertz CT molecular complexity index is 347. The zero-order valence-corrected chi connectivity index (χ0v) is 10.6. The number of hydrogen-bond acceptors (Lipinski definition) is 3. The molecule has 18 heavy (non-hydrogen) atoms. The number of hydrogen-bond donors (Lipinski definition) is 2. The van der Waals surface area contributed by atoms with E-state index in [0.29, 0.717) is 26.2 Å². The number of aliphatic carboxylic acids is 1. The van der Waals surface area contributed by atoms with Gasteiger partial charge in [0, 0.05) is 38.7 Å². The molecule has 0 aromatic carbocycles. The summed E-state index contributed by atoms with van der Waals surface area (Å²) in [5, 5.41) is 18.1. The van der Waals surface area contributed by atoms with Gasteiger partial charge in [-0.25, -0.2) is 4.79 Å². The second-order valence-electron chi connectivity index (χ2n) is 5.39. The van der Waals surface area contributed by atoms with Gasteiger partial charge in [0.05, 0.1) is 5.92 Å². The van der Waals surface area contributed by atoms with Crippen molar-refractivity contribution in [1.29, 1.82) is 0 Å². The lowest BCUT2D eigenvalue weighted by molar-refractivity contribution is -0.142. The van der Waals surface area contributed by atoms with Crippen molar-refractivity contribution in [3.63, 3.8) is 0 Å². The van der Waals surface area contributed by atoms with Crippen LogP contribution in [0.2, 0.25) is 0 Å². The smallest absolute Gasteiger partial charge is 0.320 e. The van der Waals surface area contributed by atoms with Crippen molar-refractivity contribution in [2.24, 2.45) is 17.8 Å². The van der Waals surface area contributed by atoms with Gasteiger partial charge in [-0.1, -0.05) is 6.92 Å². The molecule has 0 saturated carbocycles. The predicted molar refractivity (Wildman–Crippen MR) is 64.0 cm³/mol. The number of carboxylic acids is 1. The number of likely N-dealkylation sites (tertiary alicyclic amines) is 2. The Morgan fingerprint density at radius 1 is 1.22 bits per heavy atom. The van der Waals surface area contributed by atoms with Crippen LogP contribution in [-0.4, -0.2) is 64.8 Å². The Balaban J connectivity index is 1.93. The molecule has 1 unspecified atom stereocenters. The van der Waals surface area contributed by atoms with Crippen molar-refractivity contribution < 1.29 is 19.8 Å². The van der Waals surface area contributed by atoms with Crippen LogP contribution < -0.4 is 0 Å². The molecular formula is C12H20N2O4. The molecule has 2 aliphatic heterocycles. The molecule has 6 heteroatoms. The number of carbonyl (C=O) groups is 2. The second-order valence-corrected chi connectivity index (χ2v) is 5.39. The van der Waals surface area contributed by atoms with E-state index in [-0.39, 0.29) is 24.5 Å². The van der Waals surface area contributed by atoms with Crippen molar-refractivity contribution in [3.8, 4) is 0 Å². The fraction of sp³-hybridized carbons (Fsp3) is 0.833. The van der Waals surface area contributed by atoms with Gasteiger partial charge in [-0.2, -0.15) is 0 Å². The molecule has 0 radical (unpaired) electrons.